The van der Waals surface area contributed by atoms with Crippen molar-refractivity contribution in [2.45, 2.75) is 19.3 Å². The molecule has 0 radical (unpaired) electrons. The summed E-state index contributed by atoms with van der Waals surface area (Å²) in [5.41, 5.74) is 0. The van der Waals surface area contributed by atoms with E-state index in [0.717, 1.165) is 12.5 Å². The van der Waals surface area contributed by atoms with E-state index in [1.54, 1.807) is 0 Å². The van der Waals surface area contributed by atoms with Gasteiger partial charge in [-0.2, -0.15) is 0 Å². The first kappa shape index (κ1) is 12.9. The average molecular weight is 213 g/mol. The zero-order chi connectivity index (χ0) is 11.1. The van der Waals surface area contributed by atoms with Crippen molar-refractivity contribution in [1.82, 2.24) is 15.1 Å². The van der Waals surface area contributed by atoms with E-state index in [2.05, 4.69) is 29.2 Å². The van der Waals surface area contributed by atoms with Crippen LogP contribution >= 0.6 is 0 Å². The van der Waals surface area contributed by atoms with Gasteiger partial charge in [0.1, 0.15) is 0 Å². The predicted octanol–water partition coefficient (Wildman–Crippen LogP) is 0.870. The van der Waals surface area contributed by atoms with Crippen LogP contribution < -0.4 is 5.32 Å². The van der Waals surface area contributed by atoms with Crippen molar-refractivity contribution in [2.75, 3.05) is 53.9 Å². The summed E-state index contributed by atoms with van der Waals surface area (Å²) in [6.07, 6.45) is 4.00. The molecule has 0 saturated carbocycles. The van der Waals surface area contributed by atoms with Gasteiger partial charge in [0.25, 0.3) is 0 Å². The van der Waals surface area contributed by atoms with Crippen LogP contribution in [0.2, 0.25) is 0 Å². The molecule has 1 N–H and O–H groups in total. The summed E-state index contributed by atoms with van der Waals surface area (Å²) in [6.45, 7) is 6.27. The molecule has 15 heavy (non-hydrogen) atoms. The van der Waals surface area contributed by atoms with Gasteiger partial charge in [-0.1, -0.05) is 0 Å². The van der Waals surface area contributed by atoms with Crippen molar-refractivity contribution < 1.29 is 0 Å². The molecule has 1 heterocycles. The maximum absolute atomic E-state index is 3.20. The monoisotopic (exact) mass is 213 g/mol. The summed E-state index contributed by atoms with van der Waals surface area (Å²) in [5, 5.41) is 3.20. The van der Waals surface area contributed by atoms with E-state index in [0.29, 0.717) is 0 Å². The highest BCUT2D eigenvalue weighted by Crippen LogP contribution is 2.15. The molecule has 1 fully saturated rings. The summed E-state index contributed by atoms with van der Waals surface area (Å²) in [7, 11) is 6.52. The molecule has 1 aliphatic heterocycles. The van der Waals surface area contributed by atoms with Crippen LogP contribution in [0.5, 0.6) is 0 Å². The van der Waals surface area contributed by atoms with Crippen LogP contribution in [0.4, 0.5) is 0 Å². The molecule has 3 nitrogen and oxygen atoms in total. The first-order valence-corrected chi connectivity index (χ1v) is 6.24. The Bertz CT molecular complexity index is 161. The lowest BCUT2D eigenvalue weighted by molar-refractivity contribution is 0.269. The van der Waals surface area contributed by atoms with Crippen LogP contribution in [0, 0.1) is 5.92 Å². The molecule has 0 aromatic heterocycles. The van der Waals surface area contributed by atoms with Gasteiger partial charge < -0.3 is 15.1 Å². The van der Waals surface area contributed by atoms with Gasteiger partial charge >= 0.3 is 0 Å². The smallest absolute Gasteiger partial charge is 0.00193 e. The topological polar surface area (TPSA) is 18.5 Å². The number of nitrogens with zero attached hydrogens (tertiary/aromatic N) is 2. The Morgan fingerprint density at radius 1 is 1.40 bits per heavy atom. The molecule has 0 amide bonds. The number of unbranched alkanes of at least 4 members (excludes halogenated alkanes) is 1. The zero-order valence-electron chi connectivity index (χ0n) is 10.6. The van der Waals surface area contributed by atoms with Crippen molar-refractivity contribution in [3.05, 3.63) is 0 Å². The van der Waals surface area contributed by atoms with E-state index in [-0.39, 0.29) is 0 Å². The highest BCUT2D eigenvalue weighted by Gasteiger charge is 2.20. The van der Waals surface area contributed by atoms with E-state index >= 15 is 0 Å². The van der Waals surface area contributed by atoms with Gasteiger partial charge in [-0.15, -0.1) is 0 Å². The summed E-state index contributed by atoms with van der Waals surface area (Å²) < 4.78 is 0. The zero-order valence-corrected chi connectivity index (χ0v) is 10.6. The fraction of sp³-hybridized carbons (Fsp3) is 1.00. The van der Waals surface area contributed by atoms with Crippen molar-refractivity contribution in [1.29, 1.82) is 0 Å². The lowest BCUT2D eigenvalue weighted by atomic mass is 10.1. The van der Waals surface area contributed by atoms with E-state index in [4.69, 9.17) is 0 Å². The molecule has 1 atom stereocenters. The van der Waals surface area contributed by atoms with E-state index in [1.165, 1.54) is 45.4 Å². The Kier molecular flexibility index (Phi) is 6.22. The number of hydrogen-bond acceptors (Lipinski definition) is 3. The third kappa shape index (κ3) is 5.50. The normalized spacial score (nSPS) is 22.8. The third-order valence-corrected chi connectivity index (χ3v) is 3.28. The maximum atomic E-state index is 3.20. The van der Waals surface area contributed by atoms with Gasteiger partial charge in [-0.3, -0.25) is 0 Å². The van der Waals surface area contributed by atoms with Gasteiger partial charge in [-0.25, -0.2) is 0 Å². The number of nitrogens with one attached hydrogen (secondary N) is 1. The van der Waals surface area contributed by atoms with Crippen LogP contribution in [0.25, 0.3) is 0 Å². The van der Waals surface area contributed by atoms with E-state index in [1.807, 2.05) is 7.05 Å². The van der Waals surface area contributed by atoms with Crippen molar-refractivity contribution in [3.8, 4) is 0 Å². The minimum atomic E-state index is 0.907. The van der Waals surface area contributed by atoms with Crippen molar-refractivity contribution >= 4 is 0 Å². The maximum Gasteiger partial charge on any atom is 0.00193 e. The molecule has 1 rings (SSSR count). The standard InChI is InChI=1S/C12H27N3/c1-13-7-4-5-8-14(2)10-12-6-9-15(3)11-12/h12-13H,4-11H2,1-3H3. The average Bonchev–Trinajstić information content (AvgIpc) is 2.59. The highest BCUT2D eigenvalue weighted by atomic mass is 15.1. The molecule has 3 heteroatoms. The Morgan fingerprint density at radius 2 is 2.20 bits per heavy atom. The molecule has 1 aliphatic rings. The Hall–Kier alpha value is -0.120. The van der Waals surface area contributed by atoms with Crippen LogP contribution in [-0.4, -0.2) is 63.7 Å². The molecule has 90 valence electrons. The second-order valence-electron chi connectivity index (χ2n) is 4.99. The number of likely N-dealkylation sites (tertiary alicyclic amines) is 1. The van der Waals surface area contributed by atoms with E-state index < -0.39 is 0 Å². The van der Waals surface area contributed by atoms with Crippen LogP contribution in [0.1, 0.15) is 19.3 Å². The summed E-state index contributed by atoms with van der Waals surface area (Å²) in [4.78, 5) is 4.94. The Labute approximate surface area is 94.8 Å². The van der Waals surface area contributed by atoms with Gasteiger partial charge in [0.2, 0.25) is 0 Å². The third-order valence-electron chi connectivity index (χ3n) is 3.28. The van der Waals surface area contributed by atoms with Gasteiger partial charge in [-0.05, 0) is 66.0 Å². The molecule has 0 bridgehead atoms. The fourth-order valence-corrected chi connectivity index (χ4v) is 2.39. The van der Waals surface area contributed by atoms with Crippen molar-refractivity contribution in [2.24, 2.45) is 5.92 Å². The van der Waals surface area contributed by atoms with Crippen molar-refractivity contribution in [3.63, 3.8) is 0 Å². The minimum absolute atomic E-state index is 0.907. The van der Waals surface area contributed by atoms with Crippen LogP contribution in [-0.2, 0) is 0 Å². The Balaban J connectivity index is 2.00. The summed E-state index contributed by atoms with van der Waals surface area (Å²) in [5.74, 6) is 0.907. The summed E-state index contributed by atoms with van der Waals surface area (Å²) in [6, 6.07) is 0. The molecule has 0 aliphatic carbocycles. The minimum Gasteiger partial charge on any atom is -0.320 e. The first-order valence-electron chi connectivity index (χ1n) is 6.24. The van der Waals surface area contributed by atoms with E-state index in [9.17, 15) is 0 Å². The highest BCUT2D eigenvalue weighted by molar-refractivity contribution is 4.75. The summed E-state index contributed by atoms with van der Waals surface area (Å²) >= 11 is 0. The SMILES string of the molecule is CNCCCCN(C)CC1CCN(C)C1. The lowest BCUT2D eigenvalue weighted by Crippen LogP contribution is -2.28. The molecule has 0 spiro atoms. The Morgan fingerprint density at radius 3 is 2.80 bits per heavy atom. The number of hydrogen-bond donors (Lipinski definition) is 1. The molecular weight excluding hydrogens is 186 g/mol. The molecular formula is C12H27N3. The van der Waals surface area contributed by atoms with Crippen LogP contribution in [0.3, 0.4) is 0 Å². The van der Waals surface area contributed by atoms with Gasteiger partial charge in [0.15, 0.2) is 0 Å². The lowest BCUT2D eigenvalue weighted by Gasteiger charge is -2.20. The van der Waals surface area contributed by atoms with Gasteiger partial charge in [0, 0.05) is 13.1 Å². The molecule has 0 aromatic carbocycles. The number of rotatable bonds is 7. The second kappa shape index (κ2) is 7.20. The van der Waals surface area contributed by atoms with Crippen LogP contribution in [0.15, 0.2) is 0 Å². The molecule has 1 saturated heterocycles. The fourth-order valence-electron chi connectivity index (χ4n) is 2.39. The molecule has 1 unspecified atom stereocenters. The quantitative estimate of drug-likeness (QED) is 0.633. The first-order chi connectivity index (χ1) is 7.22. The second-order valence-corrected chi connectivity index (χ2v) is 4.99. The van der Waals surface area contributed by atoms with Gasteiger partial charge in [0.05, 0.1) is 0 Å². The predicted molar refractivity (Wildman–Crippen MR) is 66.3 cm³/mol. The largest absolute Gasteiger partial charge is 0.320 e. The molecule has 0 aromatic rings.